The maximum atomic E-state index is 13.2. The van der Waals surface area contributed by atoms with Crippen molar-refractivity contribution in [2.75, 3.05) is 12.4 Å². The highest BCUT2D eigenvalue weighted by Crippen LogP contribution is 2.20. The van der Waals surface area contributed by atoms with Crippen molar-refractivity contribution >= 4 is 29.3 Å². The molecule has 24 heavy (non-hydrogen) atoms. The molecule has 0 aliphatic heterocycles. The van der Waals surface area contributed by atoms with E-state index >= 15 is 0 Å². The summed E-state index contributed by atoms with van der Waals surface area (Å²) in [5.74, 6) is -2.90. The Bertz CT molecular complexity index is 767. The third kappa shape index (κ3) is 4.42. The summed E-state index contributed by atoms with van der Waals surface area (Å²) >= 11 is 5.74. The lowest BCUT2D eigenvalue weighted by Crippen LogP contribution is -2.23. The molecule has 2 rings (SSSR count). The second-order valence-corrected chi connectivity index (χ2v) is 5.15. The summed E-state index contributed by atoms with van der Waals surface area (Å²) in [4.78, 5) is 23.1. The lowest BCUT2D eigenvalue weighted by atomic mass is 10.1. The summed E-state index contributed by atoms with van der Waals surface area (Å²) in [6.07, 6.45) is -0.593. The predicted molar refractivity (Wildman–Crippen MR) is 85.0 cm³/mol. The van der Waals surface area contributed by atoms with Crippen LogP contribution in [0.15, 0.2) is 36.4 Å². The van der Waals surface area contributed by atoms with E-state index in [1.54, 1.807) is 24.3 Å². The SMILES string of the molecule is COC(=O)Nc1ccc(CNC(=O)c2cc(F)c(F)cc2Cl)cc1. The molecular formula is C16H13ClF2N2O3. The van der Waals surface area contributed by atoms with Gasteiger partial charge in [0.25, 0.3) is 5.91 Å². The number of benzene rings is 2. The Labute approximate surface area is 141 Å². The van der Waals surface area contributed by atoms with Gasteiger partial charge in [-0.25, -0.2) is 13.6 Å². The molecule has 0 aliphatic rings. The Hall–Kier alpha value is -2.67. The van der Waals surface area contributed by atoms with Gasteiger partial charge in [-0.2, -0.15) is 0 Å². The summed E-state index contributed by atoms with van der Waals surface area (Å²) in [6, 6.07) is 8.11. The molecule has 0 unspecified atom stereocenters. The quantitative estimate of drug-likeness (QED) is 0.822. The molecule has 2 aromatic carbocycles. The smallest absolute Gasteiger partial charge is 0.411 e. The third-order valence-electron chi connectivity index (χ3n) is 3.09. The Morgan fingerprint density at radius 1 is 1.12 bits per heavy atom. The van der Waals surface area contributed by atoms with Gasteiger partial charge in [-0.3, -0.25) is 10.1 Å². The number of amides is 2. The monoisotopic (exact) mass is 354 g/mol. The summed E-state index contributed by atoms with van der Waals surface area (Å²) in [5, 5.41) is 4.86. The van der Waals surface area contributed by atoms with Crippen LogP contribution in [-0.4, -0.2) is 19.1 Å². The highest BCUT2D eigenvalue weighted by Gasteiger charge is 2.14. The minimum atomic E-state index is -1.15. The van der Waals surface area contributed by atoms with Crippen molar-refractivity contribution in [3.05, 3.63) is 64.2 Å². The van der Waals surface area contributed by atoms with Crippen molar-refractivity contribution in [1.82, 2.24) is 5.32 Å². The van der Waals surface area contributed by atoms with Gasteiger partial charge >= 0.3 is 6.09 Å². The van der Waals surface area contributed by atoms with Crippen LogP contribution in [0, 0.1) is 11.6 Å². The molecule has 0 aliphatic carbocycles. The number of ether oxygens (including phenoxy) is 1. The van der Waals surface area contributed by atoms with Gasteiger partial charge in [0.2, 0.25) is 0 Å². The number of carbonyl (C=O) groups is 2. The number of halogens is 3. The number of anilines is 1. The van der Waals surface area contributed by atoms with Crippen LogP contribution in [0.3, 0.4) is 0 Å². The number of methoxy groups -OCH3 is 1. The van der Waals surface area contributed by atoms with Crippen LogP contribution >= 0.6 is 11.6 Å². The summed E-state index contributed by atoms with van der Waals surface area (Å²) in [6.45, 7) is 0.145. The Morgan fingerprint density at radius 3 is 2.38 bits per heavy atom. The van der Waals surface area contributed by atoms with Gasteiger partial charge in [-0.05, 0) is 29.8 Å². The van der Waals surface area contributed by atoms with E-state index in [2.05, 4.69) is 15.4 Å². The number of nitrogens with one attached hydrogen (secondary N) is 2. The summed E-state index contributed by atoms with van der Waals surface area (Å²) < 4.78 is 30.7. The van der Waals surface area contributed by atoms with Crippen molar-refractivity contribution in [3.8, 4) is 0 Å². The molecule has 0 fully saturated rings. The number of hydrogen-bond acceptors (Lipinski definition) is 3. The van der Waals surface area contributed by atoms with Gasteiger partial charge in [0, 0.05) is 12.2 Å². The lowest BCUT2D eigenvalue weighted by molar-refractivity contribution is 0.0950. The average molecular weight is 355 g/mol. The number of carbonyl (C=O) groups excluding carboxylic acids is 2. The molecule has 0 saturated heterocycles. The van der Waals surface area contributed by atoms with E-state index in [0.29, 0.717) is 5.69 Å². The standard InChI is InChI=1S/C16H13ClF2N2O3/c1-24-16(23)21-10-4-2-9(3-5-10)8-20-15(22)11-6-13(18)14(19)7-12(11)17/h2-7H,8H2,1H3,(H,20,22)(H,21,23). The second kappa shape index (κ2) is 7.74. The molecule has 126 valence electrons. The van der Waals surface area contributed by atoms with Gasteiger partial charge in [-0.1, -0.05) is 23.7 Å². The first kappa shape index (κ1) is 17.7. The van der Waals surface area contributed by atoms with Gasteiger partial charge in [0.05, 0.1) is 17.7 Å². The molecule has 2 N–H and O–H groups in total. The van der Waals surface area contributed by atoms with Gasteiger partial charge in [-0.15, -0.1) is 0 Å². The Morgan fingerprint density at radius 2 is 1.75 bits per heavy atom. The fourth-order valence-electron chi connectivity index (χ4n) is 1.85. The molecular weight excluding hydrogens is 342 g/mol. The topological polar surface area (TPSA) is 67.4 Å². The fraction of sp³-hybridized carbons (Fsp3) is 0.125. The number of rotatable bonds is 4. The molecule has 0 heterocycles. The van der Waals surface area contributed by atoms with Crippen LogP contribution in [-0.2, 0) is 11.3 Å². The Balaban J connectivity index is 1.99. The average Bonchev–Trinajstić information content (AvgIpc) is 2.57. The minimum absolute atomic E-state index is 0.145. The number of hydrogen-bond donors (Lipinski definition) is 2. The maximum Gasteiger partial charge on any atom is 0.411 e. The van der Waals surface area contributed by atoms with E-state index in [1.165, 1.54) is 7.11 Å². The zero-order valence-corrected chi connectivity index (χ0v) is 13.3. The van der Waals surface area contributed by atoms with E-state index in [4.69, 9.17) is 11.6 Å². The molecule has 0 atom stereocenters. The zero-order valence-electron chi connectivity index (χ0n) is 12.5. The Kier molecular flexibility index (Phi) is 5.70. The molecule has 2 aromatic rings. The van der Waals surface area contributed by atoms with E-state index in [0.717, 1.165) is 17.7 Å². The van der Waals surface area contributed by atoms with Crippen LogP contribution in [0.2, 0.25) is 5.02 Å². The van der Waals surface area contributed by atoms with Gasteiger partial charge in [0.15, 0.2) is 11.6 Å². The van der Waals surface area contributed by atoms with Crippen molar-refractivity contribution in [1.29, 1.82) is 0 Å². The third-order valence-corrected chi connectivity index (χ3v) is 3.41. The van der Waals surface area contributed by atoms with Gasteiger partial charge in [0.1, 0.15) is 0 Å². The van der Waals surface area contributed by atoms with Crippen molar-refractivity contribution < 1.29 is 23.1 Å². The zero-order chi connectivity index (χ0) is 17.7. The van der Waals surface area contributed by atoms with Crippen LogP contribution in [0.4, 0.5) is 19.3 Å². The van der Waals surface area contributed by atoms with Crippen molar-refractivity contribution in [3.63, 3.8) is 0 Å². The van der Waals surface area contributed by atoms with E-state index < -0.39 is 23.6 Å². The first-order valence-electron chi connectivity index (χ1n) is 6.77. The van der Waals surface area contributed by atoms with Crippen LogP contribution in [0.5, 0.6) is 0 Å². The molecule has 0 radical (unpaired) electrons. The van der Waals surface area contributed by atoms with Crippen LogP contribution in [0.25, 0.3) is 0 Å². The highest BCUT2D eigenvalue weighted by molar-refractivity contribution is 6.33. The van der Waals surface area contributed by atoms with E-state index in [-0.39, 0.29) is 17.1 Å². The first-order valence-corrected chi connectivity index (χ1v) is 7.15. The fourth-order valence-corrected chi connectivity index (χ4v) is 2.09. The predicted octanol–water partition coefficient (Wildman–Crippen LogP) is 3.73. The molecule has 8 heteroatoms. The van der Waals surface area contributed by atoms with E-state index in [1.807, 2.05) is 0 Å². The van der Waals surface area contributed by atoms with Crippen molar-refractivity contribution in [2.24, 2.45) is 0 Å². The van der Waals surface area contributed by atoms with Crippen LogP contribution < -0.4 is 10.6 Å². The normalized spacial score (nSPS) is 10.2. The summed E-state index contributed by atoms with van der Waals surface area (Å²) in [7, 11) is 1.25. The minimum Gasteiger partial charge on any atom is -0.453 e. The second-order valence-electron chi connectivity index (χ2n) is 4.74. The lowest BCUT2D eigenvalue weighted by Gasteiger charge is -2.08. The molecule has 0 bridgehead atoms. The molecule has 0 aromatic heterocycles. The van der Waals surface area contributed by atoms with Crippen LogP contribution in [0.1, 0.15) is 15.9 Å². The largest absolute Gasteiger partial charge is 0.453 e. The van der Waals surface area contributed by atoms with E-state index in [9.17, 15) is 18.4 Å². The molecule has 5 nitrogen and oxygen atoms in total. The first-order chi connectivity index (χ1) is 11.4. The van der Waals surface area contributed by atoms with Crippen molar-refractivity contribution in [2.45, 2.75) is 6.54 Å². The molecule has 2 amide bonds. The summed E-state index contributed by atoms with van der Waals surface area (Å²) in [5.41, 5.74) is 1.11. The molecule has 0 spiro atoms. The van der Waals surface area contributed by atoms with Gasteiger partial charge < -0.3 is 10.1 Å². The molecule has 0 saturated carbocycles. The highest BCUT2D eigenvalue weighted by atomic mass is 35.5. The maximum absolute atomic E-state index is 13.2.